The van der Waals surface area contributed by atoms with Gasteiger partial charge in [-0.3, -0.25) is 9.59 Å². The molecule has 0 bridgehead atoms. The highest BCUT2D eigenvalue weighted by molar-refractivity contribution is 5.77. The van der Waals surface area contributed by atoms with E-state index in [1.807, 2.05) is 0 Å². The molecule has 7 atom stereocenters. The van der Waals surface area contributed by atoms with E-state index in [0.717, 1.165) is 12.8 Å². The minimum atomic E-state index is -0.314. The first-order chi connectivity index (χ1) is 12.1. The third-order valence-electron chi connectivity index (χ3n) is 8.98. The smallest absolute Gasteiger partial charge is 0.313 e. The van der Waals surface area contributed by atoms with Crippen LogP contribution in [0.15, 0.2) is 0 Å². The molecule has 4 aliphatic rings. The summed E-state index contributed by atoms with van der Waals surface area (Å²) in [5.41, 5.74) is 0.722. The minimum absolute atomic E-state index is 0.103. The SMILES string of the molecule is CC(=O)OC1CC2C(C)(CCC3C(C)(C)CCCC32C)C2COC(=O)C12. The molecule has 0 aromatic carbocycles. The first-order valence-electron chi connectivity index (χ1n) is 10.4. The predicted molar refractivity (Wildman–Crippen MR) is 98.2 cm³/mol. The second-order valence-electron chi connectivity index (χ2n) is 10.6. The van der Waals surface area contributed by atoms with Crippen molar-refractivity contribution in [2.75, 3.05) is 6.61 Å². The van der Waals surface area contributed by atoms with Gasteiger partial charge in [0.1, 0.15) is 12.0 Å². The van der Waals surface area contributed by atoms with Crippen molar-refractivity contribution < 1.29 is 19.1 Å². The highest BCUT2D eigenvalue weighted by Gasteiger charge is 2.67. The molecule has 0 aromatic heterocycles. The summed E-state index contributed by atoms with van der Waals surface area (Å²) in [5, 5.41) is 0. The van der Waals surface area contributed by atoms with E-state index < -0.39 is 0 Å². The predicted octanol–water partition coefficient (Wildman–Crippen LogP) is 4.36. The van der Waals surface area contributed by atoms with Crippen LogP contribution in [-0.4, -0.2) is 24.6 Å². The molecule has 4 nitrogen and oxygen atoms in total. The van der Waals surface area contributed by atoms with Gasteiger partial charge >= 0.3 is 11.9 Å². The van der Waals surface area contributed by atoms with Gasteiger partial charge in [0.05, 0.1) is 6.61 Å². The molecule has 26 heavy (non-hydrogen) atoms. The Kier molecular flexibility index (Phi) is 4.03. The van der Waals surface area contributed by atoms with Crippen molar-refractivity contribution >= 4 is 11.9 Å². The second kappa shape index (κ2) is 5.72. The lowest BCUT2D eigenvalue weighted by atomic mass is 9.38. The molecule has 1 heterocycles. The van der Waals surface area contributed by atoms with Crippen LogP contribution in [0.25, 0.3) is 0 Å². The van der Waals surface area contributed by atoms with Crippen molar-refractivity contribution in [1.29, 1.82) is 0 Å². The molecule has 3 aliphatic carbocycles. The lowest BCUT2D eigenvalue weighted by Gasteiger charge is -2.66. The summed E-state index contributed by atoms with van der Waals surface area (Å²) in [6.07, 6.45) is 6.73. The Morgan fingerprint density at radius 3 is 2.50 bits per heavy atom. The maximum atomic E-state index is 12.5. The minimum Gasteiger partial charge on any atom is -0.465 e. The van der Waals surface area contributed by atoms with Crippen molar-refractivity contribution in [3.05, 3.63) is 0 Å². The number of carbonyl (C=O) groups excluding carboxylic acids is 2. The van der Waals surface area contributed by atoms with E-state index in [-0.39, 0.29) is 40.7 Å². The van der Waals surface area contributed by atoms with Gasteiger partial charge in [0.15, 0.2) is 0 Å². The summed E-state index contributed by atoms with van der Waals surface area (Å²) in [4.78, 5) is 24.2. The van der Waals surface area contributed by atoms with Gasteiger partial charge in [-0.2, -0.15) is 0 Å². The lowest BCUT2D eigenvalue weighted by Crippen LogP contribution is -2.62. The average Bonchev–Trinajstić information content (AvgIpc) is 2.91. The Hall–Kier alpha value is -1.06. The molecule has 146 valence electrons. The van der Waals surface area contributed by atoms with E-state index in [4.69, 9.17) is 9.47 Å². The zero-order valence-electron chi connectivity index (χ0n) is 17.0. The number of fused-ring (bicyclic) bond motifs is 5. The van der Waals surface area contributed by atoms with E-state index in [1.54, 1.807) is 0 Å². The Morgan fingerprint density at radius 2 is 1.81 bits per heavy atom. The lowest BCUT2D eigenvalue weighted by molar-refractivity contribution is -0.201. The first kappa shape index (κ1) is 18.3. The van der Waals surface area contributed by atoms with Crippen LogP contribution in [0.5, 0.6) is 0 Å². The van der Waals surface area contributed by atoms with Gasteiger partial charge in [0.2, 0.25) is 0 Å². The van der Waals surface area contributed by atoms with Crippen molar-refractivity contribution in [2.24, 2.45) is 39.9 Å². The fourth-order valence-corrected chi connectivity index (χ4v) is 7.93. The summed E-state index contributed by atoms with van der Waals surface area (Å²) >= 11 is 0. The van der Waals surface area contributed by atoms with Crippen LogP contribution < -0.4 is 0 Å². The zero-order chi connectivity index (χ0) is 18.9. The molecule has 7 unspecified atom stereocenters. The quantitative estimate of drug-likeness (QED) is 0.650. The highest BCUT2D eigenvalue weighted by atomic mass is 16.6. The molecule has 4 fully saturated rings. The zero-order valence-corrected chi connectivity index (χ0v) is 17.0. The third-order valence-corrected chi connectivity index (χ3v) is 8.98. The van der Waals surface area contributed by atoms with Gasteiger partial charge in [0.25, 0.3) is 0 Å². The number of ether oxygens (including phenoxy) is 2. The summed E-state index contributed by atoms with van der Waals surface area (Å²) in [5.74, 6) is 0.663. The van der Waals surface area contributed by atoms with Crippen molar-refractivity contribution in [3.63, 3.8) is 0 Å². The summed E-state index contributed by atoms with van der Waals surface area (Å²) in [6.45, 7) is 11.7. The van der Waals surface area contributed by atoms with Crippen LogP contribution in [0.4, 0.5) is 0 Å². The van der Waals surface area contributed by atoms with Gasteiger partial charge < -0.3 is 9.47 Å². The van der Waals surface area contributed by atoms with Crippen LogP contribution in [0.2, 0.25) is 0 Å². The summed E-state index contributed by atoms with van der Waals surface area (Å²) in [6, 6.07) is 0. The van der Waals surface area contributed by atoms with Crippen LogP contribution in [0.3, 0.4) is 0 Å². The number of hydrogen-bond acceptors (Lipinski definition) is 4. The summed E-state index contributed by atoms with van der Waals surface area (Å²) in [7, 11) is 0. The monoisotopic (exact) mass is 362 g/mol. The second-order valence-corrected chi connectivity index (χ2v) is 10.6. The molecule has 0 radical (unpaired) electrons. The standard InChI is InChI=1S/C22H34O4/c1-13(23)26-15-11-17-21(4,14-12-25-19(24)18(14)15)10-7-16-20(2,3)8-6-9-22(16,17)5/h14-18H,6-12H2,1-5H3. The Balaban J connectivity index is 1.75. The largest absolute Gasteiger partial charge is 0.465 e. The van der Waals surface area contributed by atoms with Gasteiger partial charge in [-0.25, -0.2) is 0 Å². The van der Waals surface area contributed by atoms with Crippen molar-refractivity contribution in [1.82, 2.24) is 0 Å². The van der Waals surface area contributed by atoms with Gasteiger partial charge in [-0.05, 0) is 60.2 Å². The van der Waals surface area contributed by atoms with Crippen LogP contribution in [0.1, 0.15) is 73.1 Å². The van der Waals surface area contributed by atoms with E-state index in [9.17, 15) is 9.59 Å². The maximum absolute atomic E-state index is 12.5. The molecule has 3 saturated carbocycles. The highest BCUT2D eigenvalue weighted by Crippen LogP contribution is 2.69. The Labute approximate surface area is 157 Å². The molecular formula is C22H34O4. The normalized spacial score (nSPS) is 49.4. The molecule has 0 spiro atoms. The van der Waals surface area contributed by atoms with E-state index >= 15 is 0 Å². The van der Waals surface area contributed by atoms with Crippen molar-refractivity contribution in [2.45, 2.75) is 79.2 Å². The molecule has 1 saturated heterocycles. The van der Waals surface area contributed by atoms with Crippen LogP contribution >= 0.6 is 0 Å². The molecule has 0 aromatic rings. The van der Waals surface area contributed by atoms with Crippen molar-refractivity contribution in [3.8, 4) is 0 Å². The number of cyclic esters (lactones) is 1. The average molecular weight is 363 g/mol. The topological polar surface area (TPSA) is 52.6 Å². The van der Waals surface area contributed by atoms with E-state index in [1.165, 1.54) is 32.6 Å². The molecule has 4 rings (SSSR count). The third kappa shape index (κ3) is 2.39. The van der Waals surface area contributed by atoms with Crippen LogP contribution in [-0.2, 0) is 19.1 Å². The fourth-order valence-electron chi connectivity index (χ4n) is 7.93. The fraction of sp³-hybridized carbons (Fsp3) is 0.909. The molecule has 1 aliphatic heterocycles. The van der Waals surface area contributed by atoms with Gasteiger partial charge in [-0.1, -0.05) is 34.1 Å². The number of esters is 2. The molecule has 0 N–H and O–H groups in total. The number of hydrogen-bond donors (Lipinski definition) is 0. The molecule has 0 amide bonds. The van der Waals surface area contributed by atoms with Gasteiger partial charge in [0, 0.05) is 12.8 Å². The maximum Gasteiger partial charge on any atom is 0.313 e. The van der Waals surface area contributed by atoms with Crippen LogP contribution in [0, 0.1) is 39.9 Å². The summed E-state index contributed by atoms with van der Waals surface area (Å²) < 4.78 is 11.2. The van der Waals surface area contributed by atoms with Gasteiger partial charge in [-0.15, -0.1) is 0 Å². The number of rotatable bonds is 1. The number of carbonyl (C=O) groups is 2. The first-order valence-corrected chi connectivity index (χ1v) is 10.4. The van der Waals surface area contributed by atoms with E-state index in [2.05, 4.69) is 27.7 Å². The molecule has 4 heteroatoms. The molecular weight excluding hydrogens is 328 g/mol. The Bertz CT molecular complexity index is 626. The Morgan fingerprint density at radius 1 is 1.08 bits per heavy atom. The van der Waals surface area contributed by atoms with E-state index in [0.29, 0.717) is 23.9 Å².